The van der Waals surface area contributed by atoms with Crippen LogP contribution in [0, 0.1) is 6.92 Å². The van der Waals surface area contributed by atoms with Crippen LogP contribution in [0.2, 0.25) is 0 Å². The smallest absolute Gasteiger partial charge is 0.340 e. The fourth-order valence-electron chi connectivity index (χ4n) is 2.86. The number of carbonyl (C=O) groups is 2. The molecular formula is C19H22NO7-. The third kappa shape index (κ3) is 4.39. The number of carboxylic acid groups (broad SMARTS) is 1. The first-order chi connectivity index (χ1) is 12.8. The molecule has 0 aliphatic rings. The summed E-state index contributed by atoms with van der Waals surface area (Å²) in [5.41, 5.74) is 0.347. The van der Waals surface area contributed by atoms with Gasteiger partial charge in [-0.2, -0.15) is 0 Å². The van der Waals surface area contributed by atoms with Gasteiger partial charge in [0.05, 0.1) is 38.2 Å². The molecule has 1 N–H and O–H groups in total. The van der Waals surface area contributed by atoms with Crippen molar-refractivity contribution in [3.05, 3.63) is 33.7 Å². The maximum Gasteiger partial charge on any atom is 0.340 e. The number of benzene rings is 1. The molecule has 1 heterocycles. The molecule has 1 aromatic heterocycles. The number of hydrogen-bond acceptors (Lipinski definition) is 7. The summed E-state index contributed by atoms with van der Waals surface area (Å²) in [5, 5.41) is 14.1. The second kappa shape index (κ2) is 8.57. The molecular weight excluding hydrogens is 354 g/mol. The molecule has 1 aromatic carbocycles. The zero-order chi connectivity index (χ0) is 20.1. The number of hydrogen-bond donors (Lipinski definition) is 1. The zero-order valence-corrected chi connectivity index (χ0v) is 15.7. The maximum atomic E-state index is 12.3. The highest BCUT2D eigenvalue weighted by Crippen LogP contribution is 2.33. The van der Waals surface area contributed by atoms with E-state index >= 15 is 0 Å². The second-order valence-electron chi connectivity index (χ2n) is 6.10. The first kappa shape index (κ1) is 20.3. The Morgan fingerprint density at radius 1 is 1.22 bits per heavy atom. The lowest BCUT2D eigenvalue weighted by atomic mass is 10.0. The van der Waals surface area contributed by atoms with E-state index in [1.807, 2.05) is 0 Å². The zero-order valence-electron chi connectivity index (χ0n) is 15.7. The van der Waals surface area contributed by atoms with Crippen molar-refractivity contribution in [3.8, 4) is 11.5 Å². The van der Waals surface area contributed by atoms with Crippen LogP contribution in [-0.4, -0.2) is 32.1 Å². The van der Waals surface area contributed by atoms with Gasteiger partial charge in [-0.3, -0.25) is 4.79 Å². The minimum atomic E-state index is -1.36. The van der Waals surface area contributed by atoms with Crippen molar-refractivity contribution in [2.75, 3.05) is 14.2 Å². The Balaban J connectivity index is 2.39. The minimum absolute atomic E-state index is 0.154. The van der Waals surface area contributed by atoms with Crippen molar-refractivity contribution in [2.24, 2.45) is 0 Å². The van der Waals surface area contributed by atoms with Crippen LogP contribution in [0.4, 0.5) is 0 Å². The normalized spacial score (nSPS) is 11.9. The summed E-state index contributed by atoms with van der Waals surface area (Å²) < 4.78 is 15.8. The SMILES string of the molecule is CCC[C@H](NC(=O)Cc1c(C)c2cc(OC)c(OC)cc2oc1=O)C(=O)[O-]. The Morgan fingerprint density at radius 2 is 1.85 bits per heavy atom. The molecule has 0 aliphatic heterocycles. The molecule has 146 valence electrons. The number of amides is 1. The van der Waals surface area contributed by atoms with Crippen molar-refractivity contribution >= 4 is 22.8 Å². The Bertz CT molecular complexity index is 916. The van der Waals surface area contributed by atoms with Crippen molar-refractivity contribution in [1.29, 1.82) is 0 Å². The second-order valence-corrected chi connectivity index (χ2v) is 6.10. The third-order valence-corrected chi connectivity index (χ3v) is 4.33. The van der Waals surface area contributed by atoms with Crippen LogP contribution in [0.1, 0.15) is 30.9 Å². The number of carbonyl (C=O) groups excluding carboxylic acids is 2. The van der Waals surface area contributed by atoms with Gasteiger partial charge in [-0.25, -0.2) is 4.79 Å². The minimum Gasteiger partial charge on any atom is -0.548 e. The van der Waals surface area contributed by atoms with Gasteiger partial charge in [0.2, 0.25) is 5.91 Å². The van der Waals surface area contributed by atoms with Crippen LogP contribution in [-0.2, 0) is 16.0 Å². The number of nitrogens with one attached hydrogen (secondary N) is 1. The highest BCUT2D eigenvalue weighted by Gasteiger charge is 2.19. The Morgan fingerprint density at radius 3 is 2.41 bits per heavy atom. The lowest BCUT2D eigenvalue weighted by Gasteiger charge is -2.19. The quantitative estimate of drug-likeness (QED) is 0.674. The van der Waals surface area contributed by atoms with Crippen LogP contribution in [0.25, 0.3) is 11.0 Å². The van der Waals surface area contributed by atoms with Gasteiger partial charge in [-0.1, -0.05) is 13.3 Å². The van der Waals surface area contributed by atoms with E-state index in [0.29, 0.717) is 34.5 Å². The average Bonchev–Trinajstić information content (AvgIpc) is 2.63. The summed E-state index contributed by atoms with van der Waals surface area (Å²) in [7, 11) is 2.96. The van der Waals surface area contributed by atoms with Crippen molar-refractivity contribution in [1.82, 2.24) is 5.32 Å². The summed E-state index contributed by atoms with van der Waals surface area (Å²) in [5.74, 6) is -1.08. The summed E-state index contributed by atoms with van der Waals surface area (Å²) in [6, 6.07) is 2.11. The Hall–Kier alpha value is -3.03. The summed E-state index contributed by atoms with van der Waals surface area (Å²) >= 11 is 0. The molecule has 1 amide bonds. The number of ether oxygens (including phenoxy) is 2. The molecule has 0 bridgehead atoms. The van der Waals surface area contributed by atoms with E-state index < -0.39 is 23.5 Å². The van der Waals surface area contributed by atoms with Gasteiger partial charge in [-0.15, -0.1) is 0 Å². The summed E-state index contributed by atoms with van der Waals surface area (Å²) in [6.07, 6.45) is 0.514. The van der Waals surface area contributed by atoms with E-state index in [-0.39, 0.29) is 18.4 Å². The Kier molecular flexibility index (Phi) is 6.44. The number of aryl methyl sites for hydroxylation is 1. The molecule has 27 heavy (non-hydrogen) atoms. The maximum absolute atomic E-state index is 12.3. The van der Waals surface area contributed by atoms with Crippen molar-refractivity contribution in [3.63, 3.8) is 0 Å². The van der Waals surface area contributed by atoms with E-state index in [4.69, 9.17) is 13.9 Å². The predicted molar refractivity (Wildman–Crippen MR) is 95.9 cm³/mol. The van der Waals surface area contributed by atoms with Gasteiger partial charge in [0.25, 0.3) is 0 Å². The summed E-state index contributed by atoms with van der Waals surface area (Å²) in [4.78, 5) is 35.7. The van der Waals surface area contributed by atoms with Crippen LogP contribution < -0.4 is 25.5 Å². The first-order valence-corrected chi connectivity index (χ1v) is 8.50. The highest BCUT2D eigenvalue weighted by molar-refractivity contribution is 5.88. The molecule has 1 atom stereocenters. The van der Waals surface area contributed by atoms with Crippen LogP contribution in [0.5, 0.6) is 11.5 Å². The van der Waals surface area contributed by atoms with Crippen molar-refractivity contribution < 1.29 is 28.6 Å². The molecule has 0 saturated heterocycles. The molecule has 0 fully saturated rings. The predicted octanol–water partition coefficient (Wildman–Crippen LogP) is 0.696. The average molecular weight is 376 g/mol. The van der Waals surface area contributed by atoms with Crippen LogP contribution >= 0.6 is 0 Å². The standard InChI is InChI=1S/C19H23NO7/c1-5-6-13(18(22)23)20-17(21)8-12-10(2)11-7-15(25-3)16(26-4)9-14(11)27-19(12)24/h7,9,13H,5-6,8H2,1-4H3,(H,20,21)(H,22,23)/p-1/t13-/m0/s1. The molecule has 0 spiro atoms. The van der Waals surface area contributed by atoms with Gasteiger partial charge in [0.1, 0.15) is 5.58 Å². The first-order valence-electron chi connectivity index (χ1n) is 8.50. The molecule has 2 aromatic rings. The van der Waals surface area contributed by atoms with E-state index in [1.165, 1.54) is 14.2 Å². The molecule has 0 aliphatic carbocycles. The van der Waals surface area contributed by atoms with Gasteiger partial charge < -0.3 is 29.1 Å². The highest BCUT2D eigenvalue weighted by atomic mass is 16.5. The molecule has 2 rings (SSSR count). The summed E-state index contributed by atoms with van der Waals surface area (Å²) in [6.45, 7) is 3.49. The van der Waals surface area contributed by atoms with Crippen LogP contribution in [0.3, 0.4) is 0 Å². The Labute approximate surface area is 156 Å². The number of methoxy groups -OCH3 is 2. The van der Waals surface area contributed by atoms with E-state index in [1.54, 1.807) is 26.0 Å². The van der Waals surface area contributed by atoms with Gasteiger partial charge in [0.15, 0.2) is 11.5 Å². The van der Waals surface area contributed by atoms with E-state index in [2.05, 4.69) is 5.32 Å². The lowest BCUT2D eigenvalue weighted by Crippen LogP contribution is -2.48. The van der Waals surface area contributed by atoms with E-state index in [9.17, 15) is 19.5 Å². The van der Waals surface area contributed by atoms with Gasteiger partial charge in [0, 0.05) is 11.5 Å². The molecule has 0 unspecified atom stereocenters. The number of rotatable bonds is 8. The monoisotopic (exact) mass is 376 g/mol. The number of carboxylic acids is 1. The molecule has 8 heteroatoms. The largest absolute Gasteiger partial charge is 0.548 e. The van der Waals surface area contributed by atoms with Gasteiger partial charge in [-0.05, 0) is 25.0 Å². The number of aliphatic carboxylic acids is 1. The molecule has 0 radical (unpaired) electrons. The third-order valence-electron chi connectivity index (χ3n) is 4.33. The fraction of sp³-hybridized carbons (Fsp3) is 0.421. The lowest BCUT2D eigenvalue weighted by molar-refractivity contribution is -0.308. The number of fused-ring (bicyclic) bond motifs is 1. The van der Waals surface area contributed by atoms with Gasteiger partial charge >= 0.3 is 5.63 Å². The van der Waals surface area contributed by atoms with Crippen molar-refractivity contribution in [2.45, 2.75) is 39.2 Å². The topological polar surface area (TPSA) is 118 Å². The molecule has 0 saturated carbocycles. The fourth-order valence-corrected chi connectivity index (χ4v) is 2.86. The molecule has 8 nitrogen and oxygen atoms in total. The van der Waals surface area contributed by atoms with E-state index in [0.717, 1.165) is 0 Å². The van der Waals surface area contributed by atoms with Crippen LogP contribution in [0.15, 0.2) is 21.3 Å².